The maximum absolute atomic E-state index is 5.17. The number of benzene rings is 2. The van der Waals surface area contributed by atoms with Gasteiger partial charge in [-0.05, 0) is 71.4 Å². The largest absolute Gasteiger partial charge is 0.383 e. The fraction of sp³-hybridized carbons (Fsp3) is 0.613. The zero-order valence-electron chi connectivity index (χ0n) is 22.6. The molecule has 0 aliphatic carbocycles. The van der Waals surface area contributed by atoms with E-state index in [1.54, 1.807) is 7.11 Å². The molecule has 0 amide bonds. The van der Waals surface area contributed by atoms with Gasteiger partial charge in [0.25, 0.3) is 0 Å². The summed E-state index contributed by atoms with van der Waals surface area (Å²) in [7, 11) is 1.78. The van der Waals surface area contributed by atoms with Crippen LogP contribution in [0.1, 0.15) is 87.1 Å². The molecule has 0 N–H and O–H groups in total. The minimum absolute atomic E-state index is 0.637. The third-order valence-corrected chi connectivity index (χ3v) is 7.65. The highest BCUT2D eigenvalue weighted by Gasteiger charge is 2.19. The first-order valence-corrected chi connectivity index (χ1v) is 13.5. The monoisotopic (exact) mass is 464 g/mol. The lowest BCUT2D eigenvalue weighted by molar-refractivity contribution is 0.141. The third kappa shape index (κ3) is 7.93. The van der Waals surface area contributed by atoms with E-state index in [-0.39, 0.29) is 0 Å². The van der Waals surface area contributed by atoms with E-state index >= 15 is 0 Å². The van der Waals surface area contributed by atoms with Crippen LogP contribution in [0.2, 0.25) is 0 Å². The quantitative estimate of drug-likeness (QED) is 0.424. The first-order valence-electron chi connectivity index (χ1n) is 13.5. The van der Waals surface area contributed by atoms with Crippen molar-refractivity contribution in [1.82, 2.24) is 9.80 Å². The molecule has 2 aliphatic rings. The van der Waals surface area contributed by atoms with Gasteiger partial charge >= 0.3 is 0 Å². The van der Waals surface area contributed by atoms with Crippen molar-refractivity contribution in [3.63, 3.8) is 0 Å². The molecule has 1 fully saturated rings. The lowest BCUT2D eigenvalue weighted by atomic mass is 9.91. The van der Waals surface area contributed by atoms with Crippen LogP contribution in [-0.4, -0.2) is 49.7 Å². The van der Waals surface area contributed by atoms with Gasteiger partial charge in [0, 0.05) is 39.8 Å². The van der Waals surface area contributed by atoms with Crippen molar-refractivity contribution < 1.29 is 4.74 Å². The van der Waals surface area contributed by atoms with Crippen LogP contribution in [0.5, 0.6) is 0 Å². The number of fused-ring (bicyclic) bond motifs is 1. The Morgan fingerprint density at radius 1 is 0.971 bits per heavy atom. The molecule has 3 nitrogen and oxygen atoms in total. The molecule has 3 heteroatoms. The van der Waals surface area contributed by atoms with Gasteiger partial charge in [0.05, 0.1) is 6.61 Å². The molecule has 0 radical (unpaired) electrons. The van der Waals surface area contributed by atoms with E-state index in [1.807, 2.05) is 0 Å². The lowest BCUT2D eigenvalue weighted by Gasteiger charge is -2.29. The number of methoxy groups -OCH3 is 1. The average molecular weight is 465 g/mol. The van der Waals surface area contributed by atoms with Gasteiger partial charge in [-0.25, -0.2) is 0 Å². The van der Waals surface area contributed by atoms with E-state index in [0.717, 1.165) is 32.2 Å². The summed E-state index contributed by atoms with van der Waals surface area (Å²) in [6, 6.07) is 16.1. The van der Waals surface area contributed by atoms with Crippen LogP contribution in [0.25, 0.3) is 0 Å². The van der Waals surface area contributed by atoms with Crippen molar-refractivity contribution in [1.29, 1.82) is 0 Å². The predicted octanol–water partition coefficient (Wildman–Crippen LogP) is 6.86. The highest BCUT2D eigenvalue weighted by atomic mass is 16.5. The first kappa shape index (κ1) is 26.9. The van der Waals surface area contributed by atoms with Crippen molar-refractivity contribution in [2.45, 2.75) is 78.8 Å². The Morgan fingerprint density at radius 3 is 2.47 bits per heavy atom. The van der Waals surface area contributed by atoms with Gasteiger partial charge in [-0.2, -0.15) is 0 Å². The number of nitrogens with zero attached hydrogens (tertiary/aromatic N) is 2. The fourth-order valence-corrected chi connectivity index (χ4v) is 5.07. The molecule has 0 aromatic heterocycles. The van der Waals surface area contributed by atoms with Gasteiger partial charge in [0.15, 0.2) is 0 Å². The van der Waals surface area contributed by atoms with E-state index in [2.05, 4.69) is 86.9 Å². The van der Waals surface area contributed by atoms with Gasteiger partial charge in [-0.15, -0.1) is 0 Å². The zero-order chi connectivity index (χ0) is 24.5. The summed E-state index contributed by atoms with van der Waals surface area (Å²) in [4.78, 5) is 5.07. The van der Waals surface area contributed by atoms with Gasteiger partial charge < -0.3 is 4.74 Å². The Morgan fingerprint density at radius 2 is 1.79 bits per heavy atom. The minimum Gasteiger partial charge on any atom is -0.383 e. The summed E-state index contributed by atoms with van der Waals surface area (Å²) in [5.74, 6) is 2.19. The van der Waals surface area contributed by atoms with Gasteiger partial charge in [0.2, 0.25) is 0 Å². The Hall–Kier alpha value is -1.68. The van der Waals surface area contributed by atoms with Gasteiger partial charge in [0.1, 0.15) is 0 Å². The second-order valence-electron chi connectivity index (χ2n) is 10.9. The molecule has 2 atom stereocenters. The van der Waals surface area contributed by atoms with Crippen LogP contribution in [0.15, 0.2) is 42.5 Å². The molecule has 2 aliphatic heterocycles. The van der Waals surface area contributed by atoms with Crippen molar-refractivity contribution in [2.24, 2.45) is 5.92 Å². The second kappa shape index (κ2) is 13.4. The van der Waals surface area contributed by atoms with Crippen LogP contribution >= 0.6 is 0 Å². The van der Waals surface area contributed by atoms with E-state index in [9.17, 15) is 0 Å². The SMILES string of the molecule is CC1CCN(Cc2cccc(C(C)C)c2)C1.CCC(C)c1ccc2c(c1)CN(CCOC)CC2. The van der Waals surface area contributed by atoms with Crippen molar-refractivity contribution >= 4 is 0 Å². The van der Waals surface area contributed by atoms with Crippen molar-refractivity contribution in [2.75, 3.05) is 39.9 Å². The summed E-state index contributed by atoms with van der Waals surface area (Å²) in [6.07, 6.45) is 3.76. The number of hydrogen-bond acceptors (Lipinski definition) is 3. The van der Waals surface area contributed by atoms with Crippen LogP contribution in [0, 0.1) is 5.92 Å². The minimum atomic E-state index is 0.637. The summed E-state index contributed by atoms with van der Waals surface area (Å²) < 4.78 is 5.17. The zero-order valence-corrected chi connectivity index (χ0v) is 22.6. The summed E-state index contributed by atoms with van der Waals surface area (Å²) in [5.41, 5.74) is 7.49. The van der Waals surface area contributed by atoms with E-state index < -0.39 is 0 Å². The molecule has 4 rings (SSSR count). The summed E-state index contributed by atoms with van der Waals surface area (Å²) in [5, 5.41) is 0. The van der Waals surface area contributed by atoms with E-state index in [4.69, 9.17) is 4.74 Å². The van der Waals surface area contributed by atoms with E-state index in [0.29, 0.717) is 11.8 Å². The molecule has 1 saturated heterocycles. The molecule has 0 saturated carbocycles. The Labute approximate surface area is 209 Å². The summed E-state index contributed by atoms with van der Waals surface area (Å²) in [6.45, 7) is 19.2. The van der Waals surface area contributed by atoms with Crippen molar-refractivity contribution in [3.8, 4) is 0 Å². The number of rotatable bonds is 8. The lowest BCUT2D eigenvalue weighted by Crippen LogP contribution is -2.33. The standard InChI is InChI=1S/C16H25NO.C15H23N/c1-4-13(2)15-6-5-14-7-8-17(9-10-18-3)12-16(14)11-15;1-12(2)15-6-4-5-14(9-15)11-16-8-7-13(3)10-16/h5-6,11,13H,4,7-10,12H2,1-3H3;4-6,9,12-13H,7-8,10-11H2,1-3H3. The number of hydrogen-bond donors (Lipinski definition) is 0. The highest BCUT2D eigenvalue weighted by molar-refractivity contribution is 5.35. The van der Waals surface area contributed by atoms with E-state index in [1.165, 1.54) is 66.7 Å². The topological polar surface area (TPSA) is 15.7 Å². The molecule has 2 aromatic rings. The van der Waals surface area contributed by atoms with Crippen LogP contribution in [0.4, 0.5) is 0 Å². The molecule has 34 heavy (non-hydrogen) atoms. The predicted molar refractivity (Wildman–Crippen MR) is 146 cm³/mol. The van der Waals surface area contributed by atoms with Crippen molar-refractivity contribution in [3.05, 3.63) is 70.3 Å². The van der Waals surface area contributed by atoms with Crippen LogP contribution in [-0.2, 0) is 24.2 Å². The summed E-state index contributed by atoms with van der Waals surface area (Å²) >= 11 is 0. The number of ether oxygens (including phenoxy) is 1. The third-order valence-electron chi connectivity index (χ3n) is 7.65. The van der Waals surface area contributed by atoms with Gasteiger partial charge in [-0.3, -0.25) is 9.80 Å². The fourth-order valence-electron chi connectivity index (χ4n) is 5.07. The molecule has 2 unspecified atom stereocenters. The first-order chi connectivity index (χ1) is 16.4. The maximum atomic E-state index is 5.17. The maximum Gasteiger partial charge on any atom is 0.0589 e. The molecule has 2 aromatic carbocycles. The molecular weight excluding hydrogens is 416 g/mol. The molecular formula is C31H48N2O. The van der Waals surface area contributed by atoms with Crippen LogP contribution < -0.4 is 0 Å². The molecule has 188 valence electrons. The molecule has 0 spiro atoms. The highest BCUT2D eigenvalue weighted by Crippen LogP contribution is 2.25. The van der Waals surface area contributed by atoms with Crippen LogP contribution in [0.3, 0.4) is 0 Å². The smallest absolute Gasteiger partial charge is 0.0589 e. The molecule has 0 bridgehead atoms. The molecule has 2 heterocycles. The normalized spacial score (nSPS) is 19.6. The second-order valence-corrected chi connectivity index (χ2v) is 10.9. The Bertz CT molecular complexity index is 877. The average Bonchev–Trinajstić information content (AvgIpc) is 3.26. The Kier molecular flexibility index (Phi) is 10.6. The van der Waals surface area contributed by atoms with Gasteiger partial charge in [-0.1, -0.05) is 77.1 Å². The number of likely N-dealkylation sites (tertiary alicyclic amines) is 1. The Balaban J connectivity index is 0.000000192.